The number of ether oxygens (including phenoxy) is 3. The highest BCUT2D eigenvalue weighted by molar-refractivity contribution is 6.48. The first-order chi connectivity index (χ1) is 11.3. The van der Waals surface area contributed by atoms with Crippen LogP contribution in [0.4, 0.5) is 0 Å². The van der Waals surface area contributed by atoms with Crippen LogP contribution in [0.5, 0.6) is 5.75 Å². The van der Waals surface area contributed by atoms with E-state index in [1.807, 2.05) is 12.1 Å². The molecule has 2 rings (SSSR count). The summed E-state index contributed by atoms with van der Waals surface area (Å²) in [5.74, 6) is -1.98. The molecule has 0 amide bonds. The van der Waals surface area contributed by atoms with Gasteiger partial charge in [0, 0.05) is 11.0 Å². The molecule has 2 unspecified atom stereocenters. The fourth-order valence-corrected chi connectivity index (χ4v) is 2.98. The summed E-state index contributed by atoms with van der Waals surface area (Å²) < 4.78 is 15.5. The lowest BCUT2D eigenvalue weighted by atomic mass is 9.82. The van der Waals surface area contributed by atoms with Crippen LogP contribution in [0.15, 0.2) is 30.3 Å². The third-order valence-electron chi connectivity index (χ3n) is 4.01. The van der Waals surface area contributed by atoms with Gasteiger partial charge in [-0.3, -0.25) is 9.59 Å². The lowest BCUT2D eigenvalue weighted by molar-refractivity contribution is -0.157. The van der Waals surface area contributed by atoms with Gasteiger partial charge < -0.3 is 14.2 Å². The predicted octanol–water partition coefficient (Wildman–Crippen LogP) is 3.41. The molecule has 0 saturated carbocycles. The Morgan fingerprint density at radius 1 is 1.33 bits per heavy atom. The standard InChI is InChI=1S/C18H21ClO5/c1-5-23-16(20)15-13(18(2,3)24-17(15)21)10-14(19)11-6-8-12(22-4)9-7-11/h6-10,13,15H,5H2,1-4H3. The minimum atomic E-state index is -1.01. The summed E-state index contributed by atoms with van der Waals surface area (Å²) in [4.78, 5) is 24.2. The van der Waals surface area contributed by atoms with Crippen LogP contribution in [-0.4, -0.2) is 31.3 Å². The molecule has 0 bridgehead atoms. The van der Waals surface area contributed by atoms with Crippen molar-refractivity contribution in [3.63, 3.8) is 0 Å². The number of halogens is 1. The Bertz CT molecular complexity index is 648. The van der Waals surface area contributed by atoms with Gasteiger partial charge in [0.15, 0.2) is 5.92 Å². The summed E-state index contributed by atoms with van der Waals surface area (Å²) >= 11 is 6.41. The molecular weight excluding hydrogens is 332 g/mol. The molecule has 6 heteroatoms. The normalized spacial score (nSPS) is 22.9. The fraction of sp³-hybridized carbons (Fsp3) is 0.444. The Labute approximate surface area is 146 Å². The quantitative estimate of drug-likeness (QED) is 0.600. The van der Waals surface area contributed by atoms with Gasteiger partial charge in [-0.25, -0.2) is 0 Å². The molecule has 5 nitrogen and oxygen atoms in total. The zero-order valence-electron chi connectivity index (χ0n) is 14.2. The molecule has 1 saturated heterocycles. The number of hydrogen-bond acceptors (Lipinski definition) is 5. The van der Waals surface area contributed by atoms with Gasteiger partial charge in [-0.1, -0.05) is 17.7 Å². The first-order valence-corrected chi connectivity index (χ1v) is 8.09. The monoisotopic (exact) mass is 352 g/mol. The maximum Gasteiger partial charge on any atom is 0.321 e. The van der Waals surface area contributed by atoms with E-state index in [0.717, 1.165) is 5.56 Å². The number of carbonyl (C=O) groups excluding carboxylic acids is 2. The number of rotatable bonds is 5. The third-order valence-corrected chi connectivity index (χ3v) is 4.36. The van der Waals surface area contributed by atoms with Crippen molar-refractivity contribution < 1.29 is 23.8 Å². The van der Waals surface area contributed by atoms with Crippen LogP contribution in [0, 0.1) is 11.8 Å². The molecule has 0 spiro atoms. The van der Waals surface area contributed by atoms with E-state index in [0.29, 0.717) is 10.8 Å². The number of esters is 2. The Hall–Kier alpha value is -2.01. The van der Waals surface area contributed by atoms with Crippen molar-refractivity contribution in [3.8, 4) is 5.75 Å². The lowest BCUT2D eigenvalue weighted by Crippen LogP contribution is -2.32. The van der Waals surface area contributed by atoms with E-state index >= 15 is 0 Å². The number of carbonyl (C=O) groups is 2. The Balaban J connectivity index is 2.33. The second-order valence-electron chi connectivity index (χ2n) is 6.02. The molecule has 0 aromatic heterocycles. The van der Waals surface area contributed by atoms with Crippen LogP contribution in [0.2, 0.25) is 0 Å². The molecule has 1 heterocycles. The summed E-state index contributed by atoms with van der Waals surface area (Å²) in [5.41, 5.74) is -0.0866. The lowest BCUT2D eigenvalue weighted by Gasteiger charge is -2.24. The van der Waals surface area contributed by atoms with Crippen molar-refractivity contribution in [1.82, 2.24) is 0 Å². The summed E-state index contributed by atoms with van der Waals surface area (Å²) in [6.07, 6.45) is 1.69. The second-order valence-corrected chi connectivity index (χ2v) is 6.43. The fourth-order valence-electron chi connectivity index (χ4n) is 2.71. The summed E-state index contributed by atoms with van der Waals surface area (Å²) in [5, 5.41) is 0.434. The number of benzene rings is 1. The minimum Gasteiger partial charge on any atom is -0.497 e. The van der Waals surface area contributed by atoms with Gasteiger partial charge in [0.05, 0.1) is 13.7 Å². The van der Waals surface area contributed by atoms with Crippen molar-refractivity contribution in [3.05, 3.63) is 35.9 Å². The van der Waals surface area contributed by atoms with Gasteiger partial charge in [0.2, 0.25) is 0 Å². The minimum absolute atomic E-state index is 0.200. The molecule has 1 aliphatic rings. The van der Waals surface area contributed by atoms with Gasteiger partial charge in [-0.2, -0.15) is 0 Å². The summed E-state index contributed by atoms with van der Waals surface area (Å²) in [6, 6.07) is 7.19. The predicted molar refractivity (Wildman–Crippen MR) is 90.6 cm³/mol. The average Bonchev–Trinajstić information content (AvgIpc) is 2.76. The molecule has 2 atom stereocenters. The topological polar surface area (TPSA) is 61.8 Å². The van der Waals surface area contributed by atoms with Crippen LogP contribution in [0.1, 0.15) is 26.3 Å². The van der Waals surface area contributed by atoms with E-state index in [-0.39, 0.29) is 6.61 Å². The summed E-state index contributed by atoms with van der Waals surface area (Å²) in [7, 11) is 1.58. The molecule has 1 aromatic rings. The van der Waals surface area contributed by atoms with Crippen LogP contribution < -0.4 is 4.74 Å². The Kier molecular flexibility index (Phi) is 5.54. The molecule has 1 aromatic carbocycles. The van der Waals surface area contributed by atoms with Crippen LogP contribution in [-0.2, 0) is 19.1 Å². The van der Waals surface area contributed by atoms with Crippen LogP contribution in [0.3, 0.4) is 0 Å². The number of hydrogen-bond donors (Lipinski definition) is 0. The Morgan fingerprint density at radius 2 is 1.96 bits per heavy atom. The van der Waals surface area contributed by atoms with Gasteiger partial charge in [0.25, 0.3) is 0 Å². The highest BCUT2D eigenvalue weighted by Crippen LogP contribution is 2.41. The Morgan fingerprint density at radius 3 is 2.50 bits per heavy atom. The van der Waals surface area contributed by atoms with E-state index in [1.165, 1.54) is 0 Å². The number of cyclic esters (lactones) is 1. The molecular formula is C18H21ClO5. The van der Waals surface area contributed by atoms with E-state index in [2.05, 4.69) is 0 Å². The molecule has 0 aliphatic carbocycles. The van der Waals surface area contributed by atoms with E-state index in [4.69, 9.17) is 25.8 Å². The largest absolute Gasteiger partial charge is 0.497 e. The van der Waals surface area contributed by atoms with Gasteiger partial charge in [-0.15, -0.1) is 0 Å². The van der Waals surface area contributed by atoms with Crippen molar-refractivity contribution in [1.29, 1.82) is 0 Å². The smallest absolute Gasteiger partial charge is 0.321 e. The molecule has 0 radical (unpaired) electrons. The van der Waals surface area contributed by atoms with Gasteiger partial charge in [-0.05, 0) is 50.6 Å². The first kappa shape index (κ1) is 18.3. The van der Waals surface area contributed by atoms with Crippen molar-refractivity contribution >= 4 is 28.6 Å². The molecule has 0 N–H and O–H groups in total. The maximum atomic E-state index is 12.1. The van der Waals surface area contributed by atoms with Crippen LogP contribution in [0.25, 0.3) is 5.03 Å². The van der Waals surface area contributed by atoms with Crippen molar-refractivity contribution in [2.75, 3.05) is 13.7 Å². The number of methoxy groups -OCH3 is 1. The third kappa shape index (κ3) is 3.73. The van der Waals surface area contributed by atoms with Gasteiger partial charge in [0.1, 0.15) is 11.4 Å². The zero-order valence-corrected chi connectivity index (χ0v) is 14.9. The maximum absolute atomic E-state index is 12.1. The van der Waals surface area contributed by atoms with Crippen LogP contribution >= 0.6 is 11.6 Å². The van der Waals surface area contributed by atoms with Crippen molar-refractivity contribution in [2.24, 2.45) is 11.8 Å². The zero-order chi connectivity index (χ0) is 17.9. The molecule has 1 aliphatic heterocycles. The SMILES string of the molecule is CCOC(=O)C1C(=O)OC(C)(C)C1C=C(Cl)c1ccc(OC)cc1. The summed E-state index contributed by atoms with van der Waals surface area (Å²) in [6.45, 7) is 5.40. The molecule has 130 valence electrons. The molecule has 24 heavy (non-hydrogen) atoms. The first-order valence-electron chi connectivity index (χ1n) is 7.71. The van der Waals surface area contributed by atoms with E-state index < -0.39 is 29.4 Å². The van der Waals surface area contributed by atoms with Crippen molar-refractivity contribution in [2.45, 2.75) is 26.4 Å². The highest BCUT2D eigenvalue weighted by Gasteiger charge is 2.53. The van der Waals surface area contributed by atoms with E-state index in [9.17, 15) is 9.59 Å². The van der Waals surface area contributed by atoms with Gasteiger partial charge >= 0.3 is 11.9 Å². The second kappa shape index (κ2) is 7.26. The average molecular weight is 353 g/mol. The highest BCUT2D eigenvalue weighted by atomic mass is 35.5. The van der Waals surface area contributed by atoms with E-state index in [1.54, 1.807) is 46.1 Å². The molecule has 1 fully saturated rings.